The first-order valence-electron chi connectivity index (χ1n) is 12.8. The third kappa shape index (κ3) is 6.03. The maximum absolute atomic E-state index is 13.2. The Bertz CT molecular complexity index is 1250. The number of nitrogens with two attached hydrogens (primary N) is 1. The minimum atomic E-state index is -0.230. The molecule has 0 atom stereocenters. The summed E-state index contributed by atoms with van der Waals surface area (Å²) >= 11 is 0. The van der Waals surface area contributed by atoms with Gasteiger partial charge in [-0.2, -0.15) is 0 Å². The molecule has 2 saturated carbocycles. The molecule has 0 aliphatic heterocycles. The normalized spacial score (nSPS) is 16.1. The van der Waals surface area contributed by atoms with Gasteiger partial charge in [0.25, 0.3) is 5.91 Å². The Hall–Kier alpha value is -3.86. The van der Waals surface area contributed by atoms with E-state index in [0.717, 1.165) is 42.6 Å². The van der Waals surface area contributed by atoms with Crippen LogP contribution < -0.4 is 15.8 Å². The molecule has 3 aromatic carbocycles. The monoisotopic (exact) mass is 480 g/mol. The number of ketones is 1. The van der Waals surface area contributed by atoms with E-state index in [1.807, 2.05) is 54.6 Å². The number of hydrogen-bond donors (Lipinski definition) is 2. The molecule has 0 aromatic heterocycles. The summed E-state index contributed by atoms with van der Waals surface area (Å²) in [6.07, 6.45) is 9.74. The first-order chi connectivity index (χ1) is 17.5. The summed E-state index contributed by atoms with van der Waals surface area (Å²) < 4.78 is 6.10. The number of carbonyl (C=O) groups is 2. The Morgan fingerprint density at radius 2 is 1.53 bits per heavy atom. The summed E-state index contributed by atoms with van der Waals surface area (Å²) in [5.41, 5.74) is 10.0. The quantitative estimate of drug-likeness (QED) is 0.202. The number of para-hydroxylation sites is 2. The minimum Gasteiger partial charge on any atom is -0.490 e. The molecule has 0 radical (unpaired) electrons. The molecule has 5 nitrogen and oxygen atoms in total. The molecule has 5 heteroatoms. The third-order valence-corrected chi connectivity index (χ3v) is 6.93. The smallest absolute Gasteiger partial charge is 0.255 e. The number of nitrogens with one attached hydrogen (secondary N) is 1. The number of hydrogen-bond acceptors (Lipinski definition) is 4. The highest BCUT2D eigenvalue weighted by Crippen LogP contribution is 2.35. The summed E-state index contributed by atoms with van der Waals surface area (Å²) in [5.74, 6) is 1.28. The van der Waals surface area contributed by atoms with E-state index in [-0.39, 0.29) is 11.7 Å². The molecule has 0 bridgehead atoms. The Balaban J connectivity index is 1.33. The zero-order valence-electron chi connectivity index (χ0n) is 20.4. The van der Waals surface area contributed by atoms with Crippen LogP contribution in [-0.2, 0) is 4.79 Å². The summed E-state index contributed by atoms with van der Waals surface area (Å²) in [6.45, 7) is 0. The second kappa shape index (κ2) is 10.8. The van der Waals surface area contributed by atoms with Gasteiger partial charge in [-0.1, -0.05) is 36.4 Å². The predicted octanol–water partition coefficient (Wildman–Crippen LogP) is 6.75. The van der Waals surface area contributed by atoms with Crippen LogP contribution in [0.15, 0.2) is 72.8 Å². The molecule has 0 spiro atoms. The lowest BCUT2D eigenvalue weighted by atomic mass is 9.95. The van der Waals surface area contributed by atoms with Gasteiger partial charge >= 0.3 is 0 Å². The highest BCUT2D eigenvalue weighted by molar-refractivity contribution is 6.25. The maximum atomic E-state index is 13.2. The van der Waals surface area contributed by atoms with E-state index in [9.17, 15) is 9.59 Å². The molecule has 3 aromatic rings. The molecule has 0 heterocycles. The number of rotatable bonds is 9. The Morgan fingerprint density at radius 1 is 0.861 bits per heavy atom. The second-order valence-corrected chi connectivity index (χ2v) is 9.84. The van der Waals surface area contributed by atoms with Crippen molar-refractivity contribution < 1.29 is 14.3 Å². The van der Waals surface area contributed by atoms with Gasteiger partial charge in [0, 0.05) is 17.6 Å². The van der Waals surface area contributed by atoms with Crippen molar-refractivity contribution in [1.82, 2.24) is 0 Å². The van der Waals surface area contributed by atoms with Crippen LogP contribution in [0.3, 0.4) is 0 Å². The molecule has 184 valence electrons. The highest BCUT2D eigenvalue weighted by atomic mass is 16.5. The van der Waals surface area contributed by atoms with Crippen LogP contribution in [0.2, 0.25) is 0 Å². The number of ether oxygens (including phenoxy) is 1. The number of allylic oxidation sites excluding steroid dienone is 1. The minimum absolute atomic E-state index is 0.156. The third-order valence-electron chi connectivity index (χ3n) is 6.93. The van der Waals surface area contributed by atoms with Crippen LogP contribution in [0, 0.1) is 5.92 Å². The topological polar surface area (TPSA) is 81.4 Å². The summed E-state index contributed by atoms with van der Waals surface area (Å²) in [6, 6.07) is 22.3. The van der Waals surface area contributed by atoms with E-state index < -0.39 is 0 Å². The van der Waals surface area contributed by atoms with E-state index >= 15 is 0 Å². The van der Waals surface area contributed by atoms with Crippen molar-refractivity contribution in [3.63, 3.8) is 0 Å². The van der Waals surface area contributed by atoms with Crippen molar-refractivity contribution in [1.29, 1.82) is 0 Å². The van der Waals surface area contributed by atoms with Gasteiger partial charge in [0.1, 0.15) is 5.75 Å². The first kappa shape index (κ1) is 23.9. The zero-order valence-corrected chi connectivity index (χ0v) is 20.4. The molecule has 0 unspecified atom stereocenters. The molecule has 1 amide bonds. The molecular weight excluding hydrogens is 448 g/mol. The molecule has 2 fully saturated rings. The predicted molar refractivity (Wildman–Crippen MR) is 145 cm³/mol. The standard InChI is InChI=1S/C31H32N2O3/c32-28-7-3-4-8-29(28)33-31(35)24-13-11-21(12-14-24)19-27(30(34)20-22-9-10-22)23-15-17-26(18-16-23)36-25-5-1-2-6-25/h3-4,7-8,11-19,22,25H,1-2,5-6,9-10,20,32H2,(H,33,35)/b27-19+. The van der Waals surface area contributed by atoms with Crippen molar-refractivity contribution >= 4 is 34.7 Å². The van der Waals surface area contributed by atoms with Gasteiger partial charge in [-0.05, 0) is 98.0 Å². The van der Waals surface area contributed by atoms with Gasteiger partial charge in [-0.15, -0.1) is 0 Å². The average Bonchev–Trinajstić information content (AvgIpc) is 3.56. The number of nitrogen functional groups attached to an aromatic ring is 1. The van der Waals surface area contributed by atoms with E-state index in [2.05, 4.69) is 5.32 Å². The van der Waals surface area contributed by atoms with Crippen LogP contribution in [0.25, 0.3) is 11.6 Å². The Morgan fingerprint density at radius 3 is 2.19 bits per heavy atom. The van der Waals surface area contributed by atoms with Gasteiger partial charge in [0.15, 0.2) is 5.78 Å². The lowest BCUT2D eigenvalue weighted by Gasteiger charge is -2.14. The maximum Gasteiger partial charge on any atom is 0.255 e. The molecule has 5 rings (SSSR count). The Kier molecular flexibility index (Phi) is 7.17. The number of benzene rings is 3. The van der Waals surface area contributed by atoms with Gasteiger partial charge < -0.3 is 15.8 Å². The highest BCUT2D eigenvalue weighted by Gasteiger charge is 2.26. The van der Waals surface area contributed by atoms with Crippen LogP contribution in [0.5, 0.6) is 5.75 Å². The zero-order chi connectivity index (χ0) is 24.9. The summed E-state index contributed by atoms with van der Waals surface area (Å²) in [4.78, 5) is 25.9. The number of Topliss-reactive ketones (excluding diaryl/α,β-unsaturated/α-hetero) is 1. The lowest BCUT2D eigenvalue weighted by molar-refractivity contribution is -0.114. The second-order valence-electron chi connectivity index (χ2n) is 9.84. The van der Waals surface area contributed by atoms with Gasteiger partial charge in [0.2, 0.25) is 0 Å². The van der Waals surface area contributed by atoms with E-state index in [1.165, 1.54) is 12.8 Å². The molecular formula is C31H32N2O3. The van der Waals surface area contributed by atoms with Gasteiger partial charge in [0.05, 0.1) is 17.5 Å². The van der Waals surface area contributed by atoms with Crippen LogP contribution in [0.4, 0.5) is 11.4 Å². The van der Waals surface area contributed by atoms with Crippen molar-refractivity contribution in [3.8, 4) is 5.75 Å². The van der Waals surface area contributed by atoms with Crippen molar-refractivity contribution in [2.24, 2.45) is 5.92 Å². The van der Waals surface area contributed by atoms with Crippen LogP contribution in [-0.4, -0.2) is 17.8 Å². The van der Waals surface area contributed by atoms with E-state index in [0.29, 0.717) is 41.0 Å². The average molecular weight is 481 g/mol. The number of carbonyl (C=O) groups excluding carboxylic acids is 2. The summed E-state index contributed by atoms with van der Waals surface area (Å²) in [7, 11) is 0. The fourth-order valence-corrected chi connectivity index (χ4v) is 4.63. The van der Waals surface area contributed by atoms with Crippen molar-refractivity contribution in [3.05, 3.63) is 89.5 Å². The number of amides is 1. The summed E-state index contributed by atoms with van der Waals surface area (Å²) in [5, 5.41) is 2.84. The molecule has 2 aliphatic rings. The largest absolute Gasteiger partial charge is 0.490 e. The van der Waals surface area contributed by atoms with E-state index in [1.54, 1.807) is 24.3 Å². The van der Waals surface area contributed by atoms with Gasteiger partial charge in [-0.3, -0.25) is 9.59 Å². The fourth-order valence-electron chi connectivity index (χ4n) is 4.63. The first-order valence-corrected chi connectivity index (χ1v) is 12.8. The molecule has 2 aliphatic carbocycles. The molecule has 36 heavy (non-hydrogen) atoms. The molecule has 3 N–H and O–H groups in total. The van der Waals surface area contributed by atoms with E-state index in [4.69, 9.17) is 10.5 Å². The van der Waals surface area contributed by atoms with Gasteiger partial charge in [-0.25, -0.2) is 0 Å². The van der Waals surface area contributed by atoms with Crippen LogP contribution in [0.1, 0.15) is 66.4 Å². The molecule has 0 saturated heterocycles. The number of anilines is 2. The van der Waals surface area contributed by atoms with Crippen molar-refractivity contribution in [2.45, 2.75) is 51.0 Å². The fraction of sp³-hybridized carbons (Fsp3) is 0.290. The lowest BCUT2D eigenvalue weighted by Crippen LogP contribution is -2.13. The van der Waals surface area contributed by atoms with Crippen LogP contribution >= 0.6 is 0 Å². The van der Waals surface area contributed by atoms with Crippen molar-refractivity contribution in [2.75, 3.05) is 11.1 Å². The SMILES string of the molecule is Nc1ccccc1NC(=O)c1ccc(/C=C(/C(=O)CC2CC2)c2ccc(OC3CCCC3)cc2)cc1. The Labute approximate surface area is 212 Å².